The van der Waals surface area contributed by atoms with Crippen molar-refractivity contribution in [2.75, 3.05) is 18.6 Å². The van der Waals surface area contributed by atoms with Gasteiger partial charge in [0, 0.05) is 28.6 Å². The van der Waals surface area contributed by atoms with Crippen LogP contribution in [0, 0.1) is 12.8 Å². The molecule has 0 aliphatic rings. The third-order valence-electron chi connectivity index (χ3n) is 6.10. The molecule has 0 spiro atoms. The fourth-order valence-corrected chi connectivity index (χ4v) is 5.15. The molecule has 0 unspecified atom stereocenters. The first-order valence-electron chi connectivity index (χ1n) is 12.2. The minimum Gasteiger partial charge on any atom is -0.496 e. The Hall–Kier alpha value is -3.32. The maximum atomic E-state index is 13.0. The summed E-state index contributed by atoms with van der Waals surface area (Å²) in [4.78, 5) is 30.5. The van der Waals surface area contributed by atoms with E-state index in [-0.39, 0.29) is 11.7 Å². The quantitative estimate of drug-likeness (QED) is 0.294. The van der Waals surface area contributed by atoms with Gasteiger partial charge in [0.25, 0.3) is 5.56 Å². The number of hydrogen-bond donors (Lipinski definition) is 1. The molecule has 36 heavy (non-hydrogen) atoms. The Morgan fingerprint density at radius 3 is 2.44 bits per heavy atom. The molecule has 2 heterocycles. The number of benzene rings is 2. The van der Waals surface area contributed by atoms with Crippen LogP contribution in [-0.2, 0) is 4.74 Å². The third kappa shape index (κ3) is 5.12. The lowest BCUT2D eigenvalue weighted by Crippen LogP contribution is -2.37. The second kappa shape index (κ2) is 9.97. The molecule has 190 valence electrons. The topological polar surface area (TPSA) is 71.6 Å². The Morgan fingerprint density at radius 2 is 1.83 bits per heavy atom. The van der Waals surface area contributed by atoms with Crippen LogP contribution in [0.3, 0.4) is 0 Å². The van der Waals surface area contributed by atoms with E-state index in [1.807, 2.05) is 69.5 Å². The predicted octanol–water partition coefficient (Wildman–Crippen LogP) is 7.51. The van der Waals surface area contributed by atoms with Crippen LogP contribution in [0.5, 0.6) is 5.75 Å². The number of ether oxygens (including phenoxy) is 2. The van der Waals surface area contributed by atoms with E-state index in [4.69, 9.17) is 9.47 Å². The summed E-state index contributed by atoms with van der Waals surface area (Å²) < 4.78 is 12.2. The maximum absolute atomic E-state index is 13.0. The molecular weight excluding hydrogens is 472 g/mol. The minimum atomic E-state index is -0.579. The summed E-state index contributed by atoms with van der Waals surface area (Å²) in [5.41, 5.74) is 3.71. The first kappa shape index (κ1) is 25.8. The number of H-pyrrole nitrogens is 1. The highest BCUT2D eigenvalue weighted by atomic mass is 32.1. The molecule has 0 aliphatic heterocycles. The molecule has 0 saturated carbocycles. The van der Waals surface area contributed by atoms with E-state index in [0.29, 0.717) is 17.2 Å². The Labute approximate surface area is 215 Å². The number of pyridine rings is 1. The van der Waals surface area contributed by atoms with Crippen molar-refractivity contribution in [2.24, 2.45) is 5.92 Å². The molecular formula is C29H34N2O4S. The van der Waals surface area contributed by atoms with Gasteiger partial charge in [0.05, 0.1) is 12.6 Å². The number of carbonyl (C=O) groups excluding carboxylic acids is 1. The average molecular weight is 507 g/mol. The Morgan fingerprint density at radius 1 is 1.14 bits per heavy atom. The second-order valence-corrected chi connectivity index (χ2v) is 11.4. The van der Waals surface area contributed by atoms with E-state index in [0.717, 1.165) is 50.8 Å². The first-order valence-corrected chi connectivity index (χ1v) is 13.1. The van der Waals surface area contributed by atoms with Crippen molar-refractivity contribution in [1.82, 2.24) is 4.98 Å². The lowest BCUT2D eigenvalue weighted by Gasteiger charge is -2.28. The Kier molecular flexibility index (Phi) is 7.14. The summed E-state index contributed by atoms with van der Waals surface area (Å²) in [7, 11) is 1.66. The number of hydrogen-bond acceptors (Lipinski definition) is 5. The molecule has 0 atom stereocenters. The lowest BCUT2D eigenvalue weighted by atomic mass is 9.95. The number of methoxy groups -OCH3 is 1. The smallest absolute Gasteiger partial charge is 0.414 e. The standard InChI is InChI=1S/C29H34N2O4S/c1-17(2)12-14-31(28(33)35-29(4,5)6)20-10-8-19(9-11-20)23-22(34-7)16-18(3)25-24(23)21-13-15-36-26(21)27(32)30-25/h8-11,13,15-17H,12,14H2,1-7H3,(H,30,32). The predicted molar refractivity (Wildman–Crippen MR) is 150 cm³/mol. The Bertz CT molecular complexity index is 1460. The number of nitrogens with one attached hydrogen (secondary N) is 1. The van der Waals surface area contributed by atoms with E-state index in [1.54, 1.807) is 12.0 Å². The van der Waals surface area contributed by atoms with Crippen LogP contribution in [0.2, 0.25) is 0 Å². The highest BCUT2D eigenvalue weighted by Gasteiger charge is 2.24. The van der Waals surface area contributed by atoms with E-state index in [9.17, 15) is 9.59 Å². The van der Waals surface area contributed by atoms with E-state index >= 15 is 0 Å². The normalized spacial score (nSPS) is 11.9. The monoisotopic (exact) mass is 506 g/mol. The summed E-state index contributed by atoms with van der Waals surface area (Å²) >= 11 is 1.43. The molecule has 0 bridgehead atoms. The van der Waals surface area contributed by atoms with Gasteiger partial charge in [-0.2, -0.15) is 0 Å². The first-order chi connectivity index (χ1) is 17.0. The van der Waals surface area contributed by atoms with Crippen molar-refractivity contribution in [3.63, 3.8) is 0 Å². The van der Waals surface area contributed by atoms with Crippen LogP contribution >= 0.6 is 11.3 Å². The van der Waals surface area contributed by atoms with Crippen LogP contribution in [0.4, 0.5) is 10.5 Å². The fourth-order valence-electron chi connectivity index (χ4n) is 4.35. The Balaban J connectivity index is 1.84. The van der Waals surface area contributed by atoms with Crippen LogP contribution in [-0.4, -0.2) is 30.3 Å². The zero-order valence-electron chi connectivity index (χ0n) is 22.0. The number of aryl methyl sites for hydroxylation is 1. The minimum absolute atomic E-state index is 0.0831. The van der Waals surface area contributed by atoms with Crippen molar-refractivity contribution < 1.29 is 14.3 Å². The molecule has 2 aromatic heterocycles. The van der Waals surface area contributed by atoms with Gasteiger partial charge in [-0.25, -0.2) is 4.79 Å². The number of thiophene rings is 1. The molecule has 0 fully saturated rings. The molecule has 1 N–H and O–H groups in total. The molecule has 6 nitrogen and oxygen atoms in total. The van der Waals surface area contributed by atoms with Crippen LogP contribution < -0.4 is 15.2 Å². The van der Waals surface area contributed by atoms with Gasteiger partial charge < -0.3 is 14.5 Å². The SMILES string of the molecule is COc1cc(C)c2[nH]c(=O)c3sccc3c2c1-c1ccc(N(CCC(C)C)C(=O)OC(C)(C)C)cc1. The van der Waals surface area contributed by atoms with E-state index < -0.39 is 5.60 Å². The number of amides is 1. The zero-order valence-corrected chi connectivity index (χ0v) is 22.8. The zero-order chi connectivity index (χ0) is 26.2. The number of carbonyl (C=O) groups is 1. The average Bonchev–Trinajstić information content (AvgIpc) is 3.30. The number of anilines is 1. The van der Waals surface area contributed by atoms with Gasteiger partial charge in [-0.1, -0.05) is 26.0 Å². The van der Waals surface area contributed by atoms with Gasteiger partial charge >= 0.3 is 6.09 Å². The highest BCUT2D eigenvalue weighted by molar-refractivity contribution is 7.17. The summed E-state index contributed by atoms with van der Waals surface area (Å²) in [5, 5.41) is 3.81. The third-order valence-corrected chi connectivity index (χ3v) is 7.01. The highest BCUT2D eigenvalue weighted by Crippen LogP contribution is 2.42. The number of fused-ring (bicyclic) bond motifs is 3. The molecule has 4 rings (SSSR count). The van der Waals surface area contributed by atoms with Crippen molar-refractivity contribution in [1.29, 1.82) is 0 Å². The summed E-state index contributed by atoms with van der Waals surface area (Å²) in [6.45, 7) is 12.4. The molecule has 1 amide bonds. The van der Waals surface area contributed by atoms with E-state index in [1.165, 1.54) is 11.3 Å². The molecule has 7 heteroatoms. The van der Waals surface area contributed by atoms with Crippen LogP contribution in [0.15, 0.2) is 46.6 Å². The van der Waals surface area contributed by atoms with Gasteiger partial charge in [-0.15, -0.1) is 11.3 Å². The largest absolute Gasteiger partial charge is 0.496 e. The summed E-state index contributed by atoms with van der Waals surface area (Å²) in [6.07, 6.45) is 0.507. The molecule has 4 aromatic rings. The van der Waals surface area contributed by atoms with Crippen molar-refractivity contribution in [2.45, 2.75) is 53.6 Å². The van der Waals surface area contributed by atoms with Gasteiger partial charge in [0.1, 0.15) is 16.1 Å². The van der Waals surface area contributed by atoms with Gasteiger partial charge in [-0.05, 0) is 80.8 Å². The number of aromatic amines is 1. The molecule has 0 aliphatic carbocycles. The van der Waals surface area contributed by atoms with Crippen molar-refractivity contribution in [3.05, 3.63) is 57.7 Å². The number of rotatable bonds is 6. The van der Waals surface area contributed by atoms with Gasteiger partial charge in [-0.3, -0.25) is 9.69 Å². The summed E-state index contributed by atoms with van der Waals surface area (Å²) in [5.74, 6) is 1.18. The lowest BCUT2D eigenvalue weighted by molar-refractivity contribution is 0.0579. The second-order valence-electron chi connectivity index (χ2n) is 10.5. The number of nitrogens with zero attached hydrogens (tertiary/aromatic N) is 1. The van der Waals surface area contributed by atoms with Crippen LogP contribution in [0.1, 0.15) is 46.6 Å². The van der Waals surface area contributed by atoms with Crippen molar-refractivity contribution in [3.8, 4) is 16.9 Å². The summed E-state index contributed by atoms with van der Waals surface area (Å²) in [6, 6.07) is 11.8. The molecule has 2 aromatic carbocycles. The van der Waals surface area contributed by atoms with Gasteiger partial charge in [0.15, 0.2) is 0 Å². The van der Waals surface area contributed by atoms with Crippen molar-refractivity contribution >= 4 is 44.1 Å². The maximum Gasteiger partial charge on any atom is 0.414 e. The molecule has 0 radical (unpaired) electrons. The molecule has 0 saturated heterocycles. The number of aromatic nitrogens is 1. The van der Waals surface area contributed by atoms with Crippen LogP contribution in [0.25, 0.3) is 32.1 Å². The van der Waals surface area contributed by atoms with E-state index in [2.05, 4.69) is 18.8 Å². The fraction of sp³-hybridized carbons (Fsp3) is 0.379. The van der Waals surface area contributed by atoms with Gasteiger partial charge in [0.2, 0.25) is 0 Å².